The van der Waals surface area contributed by atoms with Gasteiger partial charge in [-0.1, -0.05) is 0 Å². The Labute approximate surface area is 213 Å². The zero-order valence-corrected chi connectivity index (χ0v) is 20.8. The molecule has 0 spiro atoms. The van der Waals surface area contributed by atoms with Crippen LogP contribution in [0.25, 0.3) is 11.4 Å². The van der Waals surface area contributed by atoms with Gasteiger partial charge in [-0.25, -0.2) is 18.4 Å². The summed E-state index contributed by atoms with van der Waals surface area (Å²) in [5.41, 5.74) is -2.41. The summed E-state index contributed by atoms with van der Waals surface area (Å²) in [6.45, 7) is 4.18. The number of benzene rings is 2. The summed E-state index contributed by atoms with van der Waals surface area (Å²) < 4.78 is 41.6. The fourth-order valence-electron chi connectivity index (χ4n) is 3.14. The molecule has 202 valence electrons. The van der Waals surface area contributed by atoms with E-state index in [1.54, 1.807) is 6.92 Å². The molecule has 0 saturated heterocycles. The number of hydrogen-bond acceptors (Lipinski definition) is 10. The van der Waals surface area contributed by atoms with E-state index in [2.05, 4.69) is 20.9 Å². The van der Waals surface area contributed by atoms with Gasteiger partial charge in [-0.15, -0.1) is 0 Å². The number of aliphatic hydroxyl groups is 1. The Morgan fingerprint density at radius 2 is 1.45 bits per heavy atom. The van der Waals surface area contributed by atoms with Gasteiger partial charge in [0.25, 0.3) is 0 Å². The molecule has 38 heavy (non-hydrogen) atoms. The normalized spacial score (nSPS) is 12.4. The van der Waals surface area contributed by atoms with E-state index in [0.717, 1.165) is 38.3 Å². The minimum atomic E-state index is -1.22. The van der Waals surface area contributed by atoms with E-state index >= 15 is 0 Å². The molecule has 0 aliphatic carbocycles. The van der Waals surface area contributed by atoms with Crippen LogP contribution < -0.4 is 25.7 Å². The Morgan fingerprint density at radius 3 is 2.00 bits per heavy atom. The maximum atomic E-state index is 13.9. The minimum absolute atomic E-state index is 0.0149. The standard InChI is InChI=1S/C22H24F2N8O6/c1-13(11-36-18-9-14(23)5-7-16(18)30-20(33)29(4)25-26-30)38-32-21(34)31(27-28-32)17-8-6-15(24)10-19(17)37-12-22(2,3)35/h5-10,13,35H,11-12H2,1-4H3/t13-/m0/s1. The molecule has 0 unspecified atom stereocenters. The third-order valence-corrected chi connectivity index (χ3v) is 4.91. The fraction of sp³-hybridized carbons (Fsp3) is 0.364. The lowest BCUT2D eigenvalue weighted by Crippen LogP contribution is -2.36. The summed E-state index contributed by atoms with van der Waals surface area (Å²) in [4.78, 5) is 31.2. The van der Waals surface area contributed by atoms with E-state index in [0.29, 0.717) is 4.85 Å². The average molecular weight is 534 g/mol. The van der Waals surface area contributed by atoms with Crippen molar-refractivity contribution in [3.63, 3.8) is 0 Å². The summed E-state index contributed by atoms with van der Waals surface area (Å²) in [6, 6.07) is 6.92. The van der Waals surface area contributed by atoms with Gasteiger partial charge in [0.2, 0.25) is 0 Å². The third-order valence-electron chi connectivity index (χ3n) is 4.91. The largest absolute Gasteiger partial charge is 0.488 e. The van der Waals surface area contributed by atoms with Crippen LogP contribution in [0.2, 0.25) is 0 Å². The number of nitrogens with zero attached hydrogens (tertiary/aromatic N) is 8. The lowest BCUT2D eigenvalue weighted by Gasteiger charge is -2.19. The number of tetrazole rings is 2. The molecule has 0 aliphatic rings. The first-order valence-electron chi connectivity index (χ1n) is 11.2. The Kier molecular flexibility index (Phi) is 7.25. The van der Waals surface area contributed by atoms with Gasteiger partial charge in [-0.3, -0.25) is 0 Å². The molecule has 14 nitrogen and oxygen atoms in total. The topological polar surface area (TPSA) is 153 Å². The van der Waals surface area contributed by atoms with Crippen molar-refractivity contribution in [3.8, 4) is 22.9 Å². The highest BCUT2D eigenvalue weighted by Gasteiger charge is 2.20. The average Bonchev–Trinajstić information content (AvgIpc) is 3.37. The predicted octanol–water partition coefficient (Wildman–Crippen LogP) is 0.0324. The molecule has 0 amide bonds. The summed E-state index contributed by atoms with van der Waals surface area (Å²) in [5, 5.41) is 24.7. The van der Waals surface area contributed by atoms with Crippen molar-refractivity contribution in [1.82, 2.24) is 39.7 Å². The second-order valence-corrected chi connectivity index (χ2v) is 8.90. The molecule has 1 atom stereocenters. The van der Waals surface area contributed by atoms with Crippen LogP contribution >= 0.6 is 0 Å². The quantitative estimate of drug-likeness (QED) is 0.295. The second kappa shape index (κ2) is 10.4. The summed E-state index contributed by atoms with van der Waals surface area (Å²) in [6.07, 6.45) is -0.813. The van der Waals surface area contributed by atoms with Gasteiger partial charge in [0.1, 0.15) is 47.7 Å². The molecule has 1 N–H and O–H groups in total. The molecule has 2 heterocycles. The van der Waals surface area contributed by atoms with Crippen LogP contribution in [0.3, 0.4) is 0 Å². The summed E-state index contributed by atoms with van der Waals surface area (Å²) >= 11 is 0. The van der Waals surface area contributed by atoms with Gasteiger partial charge in [0.15, 0.2) is 6.10 Å². The Bertz CT molecular complexity index is 1550. The van der Waals surface area contributed by atoms with Crippen molar-refractivity contribution in [2.45, 2.75) is 32.5 Å². The van der Waals surface area contributed by atoms with Gasteiger partial charge in [-0.2, -0.15) is 14.0 Å². The van der Waals surface area contributed by atoms with Gasteiger partial charge in [0.05, 0.1) is 5.60 Å². The highest BCUT2D eigenvalue weighted by atomic mass is 19.1. The molecule has 0 aliphatic heterocycles. The van der Waals surface area contributed by atoms with Crippen LogP contribution in [0.15, 0.2) is 46.0 Å². The van der Waals surface area contributed by atoms with Gasteiger partial charge >= 0.3 is 11.4 Å². The first-order chi connectivity index (χ1) is 17.9. The van der Waals surface area contributed by atoms with Crippen LogP contribution in [-0.2, 0) is 7.05 Å². The Balaban J connectivity index is 1.50. The van der Waals surface area contributed by atoms with Crippen molar-refractivity contribution < 1.29 is 28.2 Å². The minimum Gasteiger partial charge on any atom is -0.488 e. The first-order valence-corrected chi connectivity index (χ1v) is 11.2. The smallest absolute Gasteiger partial charge is 0.402 e. The molecule has 4 aromatic rings. The van der Waals surface area contributed by atoms with Crippen LogP contribution in [0.1, 0.15) is 20.8 Å². The van der Waals surface area contributed by atoms with Crippen LogP contribution in [-0.4, -0.2) is 69.8 Å². The van der Waals surface area contributed by atoms with E-state index in [1.165, 1.54) is 33.0 Å². The monoisotopic (exact) mass is 534 g/mol. The molecule has 4 rings (SSSR count). The molecule has 2 aromatic heterocycles. The van der Waals surface area contributed by atoms with E-state index in [-0.39, 0.29) is 36.1 Å². The van der Waals surface area contributed by atoms with E-state index in [9.17, 15) is 23.5 Å². The van der Waals surface area contributed by atoms with Crippen molar-refractivity contribution in [1.29, 1.82) is 0 Å². The van der Waals surface area contributed by atoms with Crippen molar-refractivity contribution >= 4 is 0 Å². The number of ether oxygens (including phenoxy) is 2. The van der Waals surface area contributed by atoms with E-state index < -0.39 is 34.7 Å². The maximum absolute atomic E-state index is 13.9. The van der Waals surface area contributed by atoms with E-state index in [4.69, 9.17) is 14.3 Å². The molecule has 0 fully saturated rings. The molecular weight excluding hydrogens is 510 g/mol. The van der Waals surface area contributed by atoms with Crippen LogP contribution in [0.4, 0.5) is 8.78 Å². The van der Waals surface area contributed by atoms with Gasteiger partial charge in [-0.05, 0) is 70.7 Å². The lowest BCUT2D eigenvalue weighted by atomic mass is 10.2. The molecule has 0 bridgehead atoms. The first kappa shape index (κ1) is 26.5. The molecular formula is C22H24F2N8O6. The molecule has 16 heteroatoms. The predicted molar refractivity (Wildman–Crippen MR) is 125 cm³/mol. The van der Waals surface area contributed by atoms with Crippen molar-refractivity contribution in [3.05, 3.63) is 69.0 Å². The molecule has 2 aromatic carbocycles. The summed E-state index contributed by atoms with van der Waals surface area (Å²) in [7, 11) is 1.41. The lowest BCUT2D eigenvalue weighted by molar-refractivity contribution is -0.00713. The Morgan fingerprint density at radius 1 is 0.895 bits per heavy atom. The molecule has 0 radical (unpaired) electrons. The zero-order chi connectivity index (χ0) is 27.6. The number of aryl methyl sites for hydroxylation is 1. The van der Waals surface area contributed by atoms with Crippen LogP contribution in [0.5, 0.6) is 11.5 Å². The SMILES string of the molecule is C[C@@H](COc1cc(F)ccc1-n1nnn(C)c1=O)On1nnn(-c2ccc(F)cc2OCC(C)(C)O)c1=O. The number of halogens is 2. The highest BCUT2D eigenvalue weighted by Crippen LogP contribution is 2.24. The maximum Gasteiger partial charge on any atom is 0.402 e. The van der Waals surface area contributed by atoms with Crippen molar-refractivity contribution in [2.75, 3.05) is 13.2 Å². The Hall–Kier alpha value is -4.60. The highest BCUT2D eigenvalue weighted by molar-refractivity contribution is 5.46. The number of rotatable bonds is 10. The number of aromatic nitrogens is 8. The number of hydrogen-bond donors (Lipinski definition) is 1. The zero-order valence-electron chi connectivity index (χ0n) is 20.8. The third kappa shape index (κ3) is 5.86. The molecule has 0 saturated carbocycles. The van der Waals surface area contributed by atoms with Gasteiger partial charge < -0.3 is 19.4 Å². The van der Waals surface area contributed by atoms with Gasteiger partial charge in [0, 0.05) is 19.2 Å². The summed E-state index contributed by atoms with van der Waals surface area (Å²) in [5.74, 6) is -1.30. The van der Waals surface area contributed by atoms with E-state index in [1.807, 2.05) is 0 Å². The van der Waals surface area contributed by atoms with Crippen LogP contribution in [0, 0.1) is 11.6 Å². The van der Waals surface area contributed by atoms with Crippen molar-refractivity contribution in [2.24, 2.45) is 7.05 Å². The second-order valence-electron chi connectivity index (χ2n) is 8.90. The fourth-order valence-corrected chi connectivity index (χ4v) is 3.14.